The third kappa shape index (κ3) is 70.0. The molecule has 0 spiro atoms. The van der Waals surface area contributed by atoms with Gasteiger partial charge in [0.1, 0.15) is 13.2 Å². The third-order valence-corrected chi connectivity index (χ3v) is 16.8. The molecular formula is C77H142O6. The number of unbranched alkanes of at least 4 members (excludes halogenated alkanes) is 50. The van der Waals surface area contributed by atoms with E-state index in [9.17, 15) is 14.4 Å². The van der Waals surface area contributed by atoms with Crippen LogP contribution in [0.4, 0.5) is 0 Å². The number of ether oxygens (including phenoxy) is 3. The molecule has 1 atom stereocenters. The summed E-state index contributed by atoms with van der Waals surface area (Å²) >= 11 is 0. The standard InChI is InChI=1S/C77H142O6/c1-4-7-10-13-16-19-22-25-28-30-32-34-36-37-38-39-41-42-44-46-49-52-55-58-61-64-67-70-76(79)82-73-74(72-81-75(78)69-66-63-60-57-54-51-48-27-24-21-18-15-12-9-6-3)83-77(80)71-68-65-62-59-56-53-50-47-45-43-40-35-33-31-29-26-23-20-17-14-11-8-5-2/h22,25,27,30,32,36-37,48,74H,4-21,23-24,26,28-29,31,33-35,38-47,49-73H2,1-3H3/b25-22-,32-30-,37-36-,48-27-. The molecule has 0 aromatic carbocycles. The summed E-state index contributed by atoms with van der Waals surface area (Å²) in [5.41, 5.74) is 0. The van der Waals surface area contributed by atoms with Crippen LogP contribution in [0.25, 0.3) is 0 Å². The molecule has 0 bridgehead atoms. The Morgan fingerprint density at radius 1 is 0.241 bits per heavy atom. The molecule has 486 valence electrons. The number of carbonyl (C=O) groups excluding carboxylic acids is 3. The minimum atomic E-state index is -0.777. The highest BCUT2D eigenvalue weighted by atomic mass is 16.6. The van der Waals surface area contributed by atoms with Crippen LogP contribution in [-0.4, -0.2) is 37.2 Å². The fourth-order valence-corrected chi connectivity index (χ4v) is 11.2. The van der Waals surface area contributed by atoms with Crippen molar-refractivity contribution in [2.45, 2.75) is 412 Å². The van der Waals surface area contributed by atoms with Crippen LogP contribution in [0.2, 0.25) is 0 Å². The van der Waals surface area contributed by atoms with E-state index in [2.05, 4.69) is 69.4 Å². The molecule has 1 unspecified atom stereocenters. The normalized spacial score (nSPS) is 12.3. The maximum Gasteiger partial charge on any atom is 0.306 e. The highest BCUT2D eigenvalue weighted by Crippen LogP contribution is 2.19. The van der Waals surface area contributed by atoms with Crippen LogP contribution in [0.15, 0.2) is 48.6 Å². The van der Waals surface area contributed by atoms with Crippen LogP contribution in [-0.2, 0) is 28.6 Å². The molecule has 0 saturated carbocycles. The fourth-order valence-electron chi connectivity index (χ4n) is 11.2. The Bertz CT molecular complexity index is 1430. The van der Waals surface area contributed by atoms with Crippen molar-refractivity contribution in [3.05, 3.63) is 48.6 Å². The highest BCUT2D eigenvalue weighted by molar-refractivity contribution is 5.71. The van der Waals surface area contributed by atoms with Crippen molar-refractivity contribution in [3.8, 4) is 0 Å². The van der Waals surface area contributed by atoms with Crippen molar-refractivity contribution >= 4 is 17.9 Å². The van der Waals surface area contributed by atoms with Gasteiger partial charge >= 0.3 is 17.9 Å². The number of rotatable bonds is 69. The maximum absolute atomic E-state index is 13.0. The Kier molecular flexibility index (Phi) is 69.6. The summed E-state index contributed by atoms with van der Waals surface area (Å²) in [7, 11) is 0. The van der Waals surface area contributed by atoms with E-state index in [4.69, 9.17) is 14.2 Å². The molecule has 0 fully saturated rings. The average Bonchev–Trinajstić information content (AvgIpc) is 3.49. The number of hydrogen-bond donors (Lipinski definition) is 0. The molecule has 0 amide bonds. The lowest BCUT2D eigenvalue weighted by molar-refractivity contribution is -0.167. The molecule has 0 heterocycles. The van der Waals surface area contributed by atoms with E-state index in [0.717, 1.165) is 77.0 Å². The van der Waals surface area contributed by atoms with Crippen LogP contribution in [0.5, 0.6) is 0 Å². The van der Waals surface area contributed by atoms with Crippen molar-refractivity contribution in [1.82, 2.24) is 0 Å². The Hall–Kier alpha value is -2.63. The van der Waals surface area contributed by atoms with Gasteiger partial charge in [-0.25, -0.2) is 0 Å². The predicted octanol–water partition coefficient (Wildman–Crippen LogP) is 25.7. The van der Waals surface area contributed by atoms with Gasteiger partial charge < -0.3 is 14.2 Å². The summed E-state index contributed by atoms with van der Waals surface area (Å²) in [5, 5.41) is 0. The first-order valence-corrected chi connectivity index (χ1v) is 37.1. The van der Waals surface area contributed by atoms with E-state index in [1.165, 1.54) is 289 Å². The second-order valence-corrected chi connectivity index (χ2v) is 25.2. The minimum Gasteiger partial charge on any atom is -0.462 e. The molecule has 6 nitrogen and oxygen atoms in total. The lowest BCUT2D eigenvalue weighted by Crippen LogP contribution is -2.30. The molecule has 0 aromatic rings. The Morgan fingerprint density at radius 3 is 0.687 bits per heavy atom. The predicted molar refractivity (Wildman–Crippen MR) is 362 cm³/mol. The van der Waals surface area contributed by atoms with Crippen LogP contribution in [0, 0.1) is 0 Å². The second-order valence-electron chi connectivity index (χ2n) is 25.2. The summed E-state index contributed by atoms with van der Waals surface area (Å²) in [6.45, 7) is 6.69. The summed E-state index contributed by atoms with van der Waals surface area (Å²) in [5.74, 6) is -0.852. The van der Waals surface area contributed by atoms with Gasteiger partial charge in [0.25, 0.3) is 0 Å². The Labute approximate surface area is 518 Å². The minimum absolute atomic E-state index is 0.0721. The highest BCUT2D eigenvalue weighted by Gasteiger charge is 2.19. The average molecular weight is 1160 g/mol. The number of allylic oxidation sites excluding steroid dienone is 8. The largest absolute Gasteiger partial charge is 0.462 e. The molecule has 0 rings (SSSR count). The van der Waals surface area contributed by atoms with Gasteiger partial charge in [0.15, 0.2) is 6.10 Å². The SMILES string of the molecule is CCCCCCC/C=C\C/C=C\C/C=C\CCCCCCCCCCCCCCC(=O)OCC(COC(=O)CCCCCCC/C=C\CCCCCCCC)OC(=O)CCCCCCCCCCCCCCCCCCCCCCCCC. The van der Waals surface area contributed by atoms with Crippen LogP contribution in [0.3, 0.4) is 0 Å². The van der Waals surface area contributed by atoms with E-state index in [0.29, 0.717) is 19.3 Å². The monoisotopic (exact) mass is 1160 g/mol. The van der Waals surface area contributed by atoms with Crippen LogP contribution >= 0.6 is 0 Å². The zero-order valence-corrected chi connectivity index (χ0v) is 56.0. The van der Waals surface area contributed by atoms with Gasteiger partial charge in [-0.2, -0.15) is 0 Å². The smallest absolute Gasteiger partial charge is 0.306 e. The van der Waals surface area contributed by atoms with Crippen molar-refractivity contribution < 1.29 is 28.6 Å². The Morgan fingerprint density at radius 2 is 0.434 bits per heavy atom. The van der Waals surface area contributed by atoms with E-state index in [1.54, 1.807) is 0 Å². The quantitative estimate of drug-likeness (QED) is 0.0261. The molecule has 0 aromatic heterocycles. The zero-order chi connectivity index (χ0) is 59.9. The Balaban J connectivity index is 4.27. The second kappa shape index (κ2) is 71.8. The summed E-state index contributed by atoms with van der Waals surface area (Å²) < 4.78 is 17.0. The van der Waals surface area contributed by atoms with Gasteiger partial charge in [-0.3, -0.25) is 14.4 Å². The number of carbonyl (C=O) groups is 3. The van der Waals surface area contributed by atoms with Crippen LogP contribution < -0.4 is 0 Å². The van der Waals surface area contributed by atoms with Crippen molar-refractivity contribution in [2.24, 2.45) is 0 Å². The topological polar surface area (TPSA) is 78.9 Å². The molecule has 6 heteroatoms. The lowest BCUT2D eigenvalue weighted by Gasteiger charge is -2.18. The third-order valence-electron chi connectivity index (χ3n) is 16.8. The molecular weight excluding hydrogens is 1020 g/mol. The maximum atomic E-state index is 13.0. The van der Waals surface area contributed by atoms with Gasteiger partial charge in [0.2, 0.25) is 0 Å². The van der Waals surface area contributed by atoms with E-state index >= 15 is 0 Å². The van der Waals surface area contributed by atoms with Gasteiger partial charge in [-0.05, 0) is 83.5 Å². The van der Waals surface area contributed by atoms with Gasteiger partial charge in [0.05, 0.1) is 0 Å². The van der Waals surface area contributed by atoms with Gasteiger partial charge in [-0.15, -0.1) is 0 Å². The first-order valence-electron chi connectivity index (χ1n) is 37.1. The van der Waals surface area contributed by atoms with Gasteiger partial charge in [-0.1, -0.05) is 352 Å². The summed E-state index contributed by atoms with van der Waals surface area (Å²) in [6.07, 6.45) is 91.5. The summed E-state index contributed by atoms with van der Waals surface area (Å²) in [6, 6.07) is 0. The first kappa shape index (κ1) is 80.4. The van der Waals surface area contributed by atoms with Crippen molar-refractivity contribution in [3.63, 3.8) is 0 Å². The molecule has 0 aliphatic heterocycles. The molecule has 83 heavy (non-hydrogen) atoms. The van der Waals surface area contributed by atoms with Crippen molar-refractivity contribution in [1.29, 1.82) is 0 Å². The number of hydrogen-bond acceptors (Lipinski definition) is 6. The number of esters is 3. The molecule has 0 N–H and O–H groups in total. The molecule has 0 radical (unpaired) electrons. The molecule has 0 aliphatic carbocycles. The van der Waals surface area contributed by atoms with Gasteiger partial charge in [0, 0.05) is 19.3 Å². The summed E-state index contributed by atoms with van der Waals surface area (Å²) in [4.78, 5) is 38.5. The van der Waals surface area contributed by atoms with E-state index in [-0.39, 0.29) is 31.1 Å². The van der Waals surface area contributed by atoms with E-state index in [1.807, 2.05) is 0 Å². The lowest BCUT2D eigenvalue weighted by atomic mass is 10.0. The fraction of sp³-hybridized carbons (Fsp3) is 0.857. The molecule has 0 aliphatic rings. The van der Waals surface area contributed by atoms with E-state index < -0.39 is 6.10 Å². The zero-order valence-electron chi connectivity index (χ0n) is 56.0. The molecule has 0 saturated heterocycles. The van der Waals surface area contributed by atoms with Crippen LogP contribution in [0.1, 0.15) is 406 Å². The first-order chi connectivity index (χ1) is 41.0. The van der Waals surface area contributed by atoms with Crippen molar-refractivity contribution in [2.75, 3.05) is 13.2 Å².